The summed E-state index contributed by atoms with van der Waals surface area (Å²) < 4.78 is 0. The number of nitrogens with zero attached hydrogens (tertiary/aromatic N) is 8. The highest BCUT2D eigenvalue weighted by atomic mass is 16.6. The van der Waals surface area contributed by atoms with Crippen molar-refractivity contribution in [2.45, 2.75) is 13.1 Å². The van der Waals surface area contributed by atoms with Crippen LogP contribution in [0.5, 0.6) is 0 Å². The van der Waals surface area contributed by atoms with Gasteiger partial charge in [0.25, 0.3) is 0 Å². The van der Waals surface area contributed by atoms with Gasteiger partial charge in [-0.2, -0.15) is 5.26 Å². The molecular formula is C17H17N9O. The van der Waals surface area contributed by atoms with Crippen LogP contribution in [0.2, 0.25) is 0 Å². The van der Waals surface area contributed by atoms with Crippen molar-refractivity contribution in [2.24, 2.45) is 21.1 Å². The zero-order valence-electron chi connectivity index (χ0n) is 14.6. The first kappa shape index (κ1) is 20.9. The van der Waals surface area contributed by atoms with Gasteiger partial charge >= 0.3 is 0 Å². The molecule has 2 aromatic carbocycles. The highest BCUT2D eigenvalue weighted by Gasteiger charge is 1.98. The maximum absolute atomic E-state index is 8.47. The standard InChI is InChI=1S/C9H11N5O.C8H6N4/c1-15-13-9(10)8-4-2-7(3-5-8)6-12-14-11;9-5-7-1-3-8(4-2-7)6-11-12-10/h2-5H,6H2,1H3,(H2,10,13);1-4H,6H2. The molecule has 2 aromatic rings. The van der Waals surface area contributed by atoms with Gasteiger partial charge in [-0.3, -0.25) is 0 Å². The molecule has 0 amide bonds. The van der Waals surface area contributed by atoms with Crippen molar-refractivity contribution in [2.75, 3.05) is 7.11 Å². The lowest BCUT2D eigenvalue weighted by Crippen LogP contribution is -2.13. The number of nitriles is 1. The molecule has 0 aromatic heterocycles. The molecule has 10 nitrogen and oxygen atoms in total. The van der Waals surface area contributed by atoms with E-state index in [1.165, 1.54) is 7.11 Å². The third-order valence-electron chi connectivity index (χ3n) is 3.16. The van der Waals surface area contributed by atoms with Crippen molar-refractivity contribution in [3.8, 4) is 6.07 Å². The van der Waals surface area contributed by atoms with Crippen LogP contribution in [-0.2, 0) is 17.9 Å². The summed E-state index contributed by atoms with van der Waals surface area (Å²) in [5.74, 6) is 0.313. The molecular weight excluding hydrogens is 346 g/mol. The Morgan fingerprint density at radius 2 is 1.48 bits per heavy atom. The van der Waals surface area contributed by atoms with E-state index in [-0.39, 0.29) is 0 Å². The van der Waals surface area contributed by atoms with Crippen LogP contribution in [0, 0.1) is 11.3 Å². The highest BCUT2D eigenvalue weighted by Crippen LogP contribution is 2.06. The molecule has 0 saturated heterocycles. The molecule has 0 aliphatic rings. The summed E-state index contributed by atoms with van der Waals surface area (Å²) in [6.45, 7) is 0.667. The van der Waals surface area contributed by atoms with E-state index in [1.54, 1.807) is 36.4 Å². The minimum atomic E-state index is 0.313. The number of oxime groups is 1. The summed E-state index contributed by atoms with van der Waals surface area (Å²) in [5.41, 5.74) is 25.0. The monoisotopic (exact) mass is 363 g/mol. The van der Waals surface area contributed by atoms with E-state index in [4.69, 9.17) is 22.1 Å². The quantitative estimate of drug-likeness (QED) is 0.203. The van der Waals surface area contributed by atoms with Gasteiger partial charge in [0.05, 0.1) is 24.7 Å². The van der Waals surface area contributed by atoms with Crippen LogP contribution in [0.4, 0.5) is 0 Å². The molecule has 0 fully saturated rings. The van der Waals surface area contributed by atoms with E-state index in [2.05, 4.69) is 30.0 Å². The Kier molecular flexibility index (Phi) is 9.44. The van der Waals surface area contributed by atoms with Gasteiger partial charge in [-0.05, 0) is 34.3 Å². The number of nitrogens with two attached hydrogens (primary N) is 1. The van der Waals surface area contributed by atoms with Crippen LogP contribution in [-0.4, -0.2) is 12.9 Å². The van der Waals surface area contributed by atoms with Crippen LogP contribution < -0.4 is 5.73 Å². The van der Waals surface area contributed by atoms with Gasteiger partial charge in [0.2, 0.25) is 0 Å². The van der Waals surface area contributed by atoms with Crippen molar-refractivity contribution in [3.63, 3.8) is 0 Å². The summed E-state index contributed by atoms with van der Waals surface area (Å²) >= 11 is 0. The number of hydrogen-bond donors (Lipinski definition) is 1. The van der Waals surface area contributed by atoms with Crippen molar-refractivity contribution in [1.82, 2.24) is 0 Å². The van der Waals surface area contributed by atoms with Crippen LogP contribution in [0.3, 0.4) is 0 Å². The molecule has 0 saturated carbocycles. The van der Waals surface area contributed by atoms with Gasteiger partial charge in [-0.25, -0.2) is 0 Å². The Bertz CT molecular complexity index is 885. The summed E-state index contributed by atoms with van der Waals surface area (Å²) in [7, 11) is 1.43. The van der Waals surface area contributed by atoms with E-state index in [0.717, 1.165) is 16.7 Å². The van der Waals surface area contributed by atoms with Gasteiger partial charge in [-0.15, -0.1) is 0 Å². The topological polar surface area (TPSA) is 169 Å². The van der Waals surface area contributed by atoms with Crippen molar-refractivity contribution < 1.29 is 4.84 Å². The Morgan fingerprint density at radius 1 is 1.00 bits per heavy atom. The summed E-state index contributed by atoms with van der Waals surface area (Å²) in [4.78, 5) is 9.86. The third kappa shape index (κ3) is 7.96. The molecule has 0 aliphatic heterocycles. The first-order chi connectivity index (χ1) is 13.1. The smallest absolute Gasteiger partial charge is 0.170 e. The van der Waals surface area contributed by atoms with E-state index in [9.17, 15) is 0 Å². The number of amidine groups is 1. The first-order valence-electron chi connectivity index (χ1n) is 7.61. The zero-order chi connectivity index (χ0) is 19.9. The fraction of sp³-hybridized carbons (Fsp3) is 0.176. The average Bonchev–Trinajstić information content (AvgIpc) is 2.72. The van der Waals surface area contributed by atoms with Gasteiger partial charge in [0, 0.05) is 15.4 Å². The normalized spacial score (nSPS) is 9.56. The third-order valence-corrected chi connectivity index (χ3v) is 3.16. The van der Waals surface area contributed by atoms with Crippen LogP contribution in [0.15, 0.2) is 63.9 Å². The minimum Gasteiger partial charge on any atom is -0.397 e. The van der Waals surface area contributed by atoms with E-state index >= 15 is 0 Å². The van der Waals surface area contributed by atoms with Gasteiger partial charge < -0.3 is 10.6 Å². The summed E-state index contributed by atoms with van der Waals surface area (Å²) in [6.07, 6.45) is 0. The fourth-order valence-electron chi connectivity index (χ4n) is 1.84. The van der Waals surface area contributed by atoms with E-state index < -0.39 is 0 Å². The molecule has 136 valence electrons. The second kappa shape index (κ2) is 12.2. The Morgan fingerprint density at radius 3 is 1.89 bits per heavy atom. The molecule has 0 unspecified atom stereocenters. The lowest BCUT2D eigenvalue weighted by Gasteiger charge is -2.00. The van der Waals surface area contributed by atoms with Crippen LogP contribution in [0.1, 0.15) is 22.3 Å². The zero-order valence-corrected chi connectivity index (χ0v) is 14.6. The van der Waals surface area contributed by atoms with Crippen molar-refractivity contribution in [1.29, 1.82) is 5.26 Å². The van der Waals surface area contributed by atoms with E-state index in [1.807, 2.05) is 18.2 Å². The average molecular weight is 363 g/mol. The number of azide groups is 2. The molecule has 10 heteroatoms. The Labute approximate surface area is 155 Å². The second-order valence-electron chi connectivity index (χ2n) is 4.94. The Hall–Kier alpha value is -4.18. The maximum Gasteiger partial charge on any atom is 0.170 e. The lowest BCUT2D eigenvalue weighted by atomic mass is 10.1. The van der Waals surface area contributed by atoms with Gasteiger partial charge in [0.1, 0.15) is 7.11 Å². The SMILES string of the molecule is CON=C(N)c1ccc(CN=[N+]=[N-])cc1.N#Cc1ccc(CN=[N+]=[N-])cc1. The highest BCUT2D eigenvalue weighted by molar-refractivity contribution is 5.97. The van der Waals surface area contributed by atoms with Crippen molar-refractivity contribution in [3.05, 3.63) is 91.7 Å². The fourth-order valence-corrected chi connectivity index (χ4v) is 1.84. The molecule has 0 bridgehead atoms. The number of benzene rings is 2. The Balaban J connectivity index is 0.000000277. The van der Waals surface area contributed by atoms with Crippen LogP contribution in [0.25, 0.3) is 20.9 Å². The predicted octanol–water partition coefficient (Wildman–Crippen LogP) is 4.13. The molecule has 0 atom stereocenters. The minimum absolute atomic E-state index is 0.313. The molecule has 0 spiro atoms. The number of hydrogen-bond acceptors (Lipinski definition) is 5. The number of rotatable bonds is 6. The van der Waals surface area contributed by atoms with Crippen molar-refractivity contribution >= 4 is 5.84 Å². The maximum atomic E-state index is 8.47. The van der Waals surface area contributed by atoms with E-state index in [0.29, 0.717) is 24.5 Å². The molecule has 0 radical (unpaired) electrons. The molecule has 2 rings (SSSR count). The summed E-state index contributed by atoms with van der Waals surface area (Å²) in [5, 5.41) is 18.9. The van der Waals surface area contributed by atoms with Gasteiger partial charge in [-0.1, -0.05) is 51.8 Å². The van der Waals surface area contributed by atoms with Crippen LogP contribution >= 0.6 is 0 Å². The van der Waals surface area contributed by atoms with Gasteiger partial charge in [0.15, 0.2) is 5.84 Å². The predicted molar refractivity (Wildman–Crippen MR) is 101 cm³/mol. The molecule has 0 heterocycles. The molecule has 27 heavy (non-hydrogen) atoms. The molecule has 0 aliphatic carbocycles. The second-order valence-corrected chi connectivity index (χ2v) is 4.94. The summed E-state index contributed by atoms with van der Waals surface area (Å²) in [6, 6.07) is 16.2. The molecule has 2 N–H and O–H groups in total. The lowest BCUT2D eigenvalue weighted by molar-refractivity contribution is 0.213. The largest absolute Gasteiger partial charge is 0.397 e. The first-order valence-corrected chi connectivity index (χ1v) is 7.61.